The summed E-state index contributed by atoms with van der Waals surface area (Å²) in [5.41, 5.74) is 2.49. The Morgan fingerprint density at radius 1 is 0.917 bits per heavy atom. The fraction of sp³-hybridized carbons (Fsp3) is 0.450. The van der Waals surface area contributed by atoms with Gasteiger partial charge >= 0.3 is 0 Å². The van der Waals surface area contributed by atoms with Crippen LogP contribution in [0.2, 0.25) is 0 Å². The first-order valence-corrected chi connectivity index (χ1v) is 8.89. The summed E-state index contributed by atoms with van der Waals surface area (Å²) in [6.45, 7) is 7.05. The monoisotopic (exact) mass is 323 g/mol. The molecule has 3 heterocycles. The molecule has 0 unspecified atom stereocenters. The molecule has 1 aromatic carbocycles. The summed E-state index contributed by atoms with van der Waals surface area (Å²) in [7, 11) is 0. The maximum atomic E-state index is 9.30. The van der Waals surface area contributed by atoms with E-state index in [1.165, 1.54) is 37.9 Å². The molecule has 2 aliphatic rings. The fourth-order valence-corrected chi connectivity index (χ4v) is 4.18. The molecule has 0 spiro atoms. The lowest BCUT2D eigenvalue weighted by Crippen LogP contribution is -2.30. The average molecular weight is 323 g/mol. The topological polar surface area (TPSA) is 39.6 Å². The van der Waals surface area contributed by atoms with E-state index in [2.05, 4.69) is 45.1 Å². The molecule has 2 fully saturated rings. The molecular weight excluding hydrogens is 298 g/mol. The maximum absolute atomic E-state index is 9.30. The quantitative estimate of drug-likeness (QED) is 0.917. The van der Waals surface area contributed by atoms with Crippen LogP contribution < -0.4 is 0 Å². The molecule has 4 heteroatoms. The first-order valence-electron chi connectivity index (χ1n) is 8.89. The Balaban J connectivity index is 1.25. The van der Waals surface area contributed by atoms with Crippen LogP contribution in [0.3, 0.4) is 0 Å². The first-order chi connectivity index (χ1) is 11.8. The van der Waals surface area contributed by atoms with Crippen LogP contribution in [0.25, 0.3) is 0 Å². The van der Waals surface area contributed by atoms with Crippen molar-refractivity contribution in [1.82, 2.24) is 14.8 Å². The van der Waals surface area contributed by atoms with Gasteiger partial charge in [-0.2, -0.15) is 0 Å². The summed E-state index contributed by atoms with van der Waals surface area (Å²) < 4.78 is 0. The lowest BCUT2D eigenvalue weighted by atomic mass is 10.0. The van der Waals surface area contributed by atoms with Gasteiger partial charge in [0.05, 0.1) is 6.20 Å². The largest absolute Gasteiger partial charge is 0.506 e. The van der Waals surface area contributed by atoms with E-state index in [0.29, 0.717) is 0 Å². The Kier molecular flexibility index (Phi) is 4.50. The summed E-state index contributed by atoms with van der Waals surface area (Å²) in [4.78, 5) is 9.49. The number of pyridine rings is 1. The molecule has 1 aromatic heterocycles. The van der Waals surface area contributed by atoms with Gasteiger partial charge in [-0.05, 0) is 29.5 Å². The maximum Gasteiger partial charge on any atom is 0.133 e. The fourth-order valence-electron chi connectivity index (χ4n) is 4.18. The van der Waals surface area contributed by atoms with Gasteiger partial charge in [0.2, 0.25) is 0 Å². The average Bonchev–Trinajstić information content (AvgIpc) is 3.13. The van der Waals surface area contributed by atoms with Crippen molar-refractivity contribution in [1.29, 1.82) is 0 Å². The van der Waals surface area contributed by atoms with Crippen LogP contribution in [0.15, 0.2) is 48.7 Å². The van der Waals surface area contributed by atoms with Crippen LogP contribution in [0.4, 0.5) is 0 Å². The molecule has 0 radical (unpaired) electrons. The molecule has 0 saturated carbocycles. The Labute approximate surface area is 143 Å². The van der Waals surface area contributed by atoms with Gasteiger partial charge in [-0.1, -0.05) is 30.3 Å². The highest BCUT2D eigenvalue weighted by molar-refractivity contribution is 5.18. The minimum absolute atomic E-state index is 0.243. The van der Waals surface area contributed by atoms with Gasteiger partial charge in [-0.25, -0.2) is 0 Å². The standard InChI is InChI=1S/C20H25N3O/c24-20-7-6-19(21-10-20)8-9-22-12-17-14-23(15-18(17)13-22)11-16-4-2-1-3-5-16/h1-7,10,17-18,24H,8-9,11-15H2/t17-,18+. The third-order valence-corrected chi connectivity index (χ3v) is 5.38. The van der Waals surface area contributed by atoms with E-state index >= 15 is 0 Å². The van der Waals surface area contributed by atoms with E-state index in [9.17, 15) is 5.11 Å². The number of likely N-dealkylation sites (tertiary alicyclic amines) is 2. The van der Waals surface area contributed by atoms with E-state index in [4.69, 9.17) is 0 Å². The predicted molar refractivity (Wildman–Crippen MR) is 94.7 cm³/mol. The van der Waals surface area contributed by atoms with Crippen LogP contribution in [-0.2, 0) is 13.0 Å². The number of benzene rings is 1. The van der Waals surface area contributed by atoms with Gasteiger partial charge in [0.15, 0.2) is 0 Å². The molecule has 1 N–H and O–H groups in total. The van der Waals surface area contributed by atoms with Crippen molar-refractivity contribution < 1.29 is 5.11 Å². The van der Waals surface area contributed by atoms with Crippen LogP contribution in [-0.4, -0.2) is 52.6 Å². The molecule has 0 bridgehead atoms. The minimum Gasteiger partial charge on any atom is -0.506 e. The van der Waals surface area contributed by atoms with E-state index in [-0.39, 0.29) is 5.75 Å². The Bertz CT molecular complexity index is 644. The molecule has 126 valence electrons. The molecule has 4 rings (SSSR count). The molecule has 2 saturated heterocycles. The molecule has 2 aliphatic heterocycles. The smallest absolute Gasteiger partial charge is 0.133 e. The zero-order chi connectivity index (χ0) is 16.4. The van der Waals surface area contributed by atoms with E-state index < -0.39 is 0 Å². The summed E-state index contributed by atoms with van der Waals surface area (Å²) in [6.07, 6.45) is 2.50. The molecule has 2 atom stereocenters. The van der Waals surface area contributed by atoms with Crippen LogP contribution >= 0.6 is 0 Å². The van der Waals surface area contributed by atoms with Gasteiger partial charge in [-0.15, -0.1) is 0 Å². The van der Waals surface area contributed by atoms with Gasteiger partial charge < -0.3 is 10.0 Å². The van der Waals surface area contributed by atoms with Crippen molar-refractivity contribution in [3.05, 3.63) is 59.9 Å². The molecule has 24 heavy (non-hydrogen) atoms. The zero-order valence-electron chi connectivity index (χ0n) is 14.0. The molecular formula is C20H25N3O. The summed E-state index contributed by atoms with van der Waals surface area (Å²) in [5, 5.41) is 9.30. The molecule has 2 aromatic rings. The van der Waals surface area contributed by atoms with Gasteiger partial charge in [0.1, 0.15) is 5.75 Å². The predicted octanol–water partition coefficient (Wildman–Crippen LogP) is 2.39. The number of nitrogens with zero attached hydrogens (tertiary/aromatic N) is 3. The Morgan fingerprint density at radius 2 is 1.62 bits per heavy atom. The summed E-state index contributed by atoms with van der Waals surface area (Å²) >= 11 is 0. The normalized spacial score (nSPS) is 24.3. The van der Waals surface area contributed by atoms with Crippen LogP contribution in [0.1, 0.15) is 11.3 Å². The summed E-state index contributed by atoms with van der Waals surface area (Å²) in [6, 6.07) is 14.5. The SMILES string of the molecule is Oc1ccc(CCN2C[C@@H]3CN(Cc4ccccc4)C[C@@H]3C2)nc1. The van der Waals surface area contributed by atoms with Gasteiger partial charge in [0.25, 0.3) is 0 Å². The highest BCUT2D eigenvalue weighted by Crippen LogP contribution is 2.31. The number of aromatic hydroxyl groups is 1. The highest BCUT2D eigenvalue weighted by Gasteiger charge is 2.39. The van der Waals surface area contributed by atoms with Crippen molar-refractivity contribution in [2.75, 3.05) is 32.7 Å². The second-order valence-electron chi connectivity index (χ2n) is 7.22. The minimum atomic E-state index is 0.243. The number of rotatable bonds is 5. The van der Waals surface area contributed by atoms with Crippen LogP contribution in [0, 0.1) is 11.8 Å². The Morgan fingerprint density at radius 3 is 2.29 bits per heavy atom. The number of hydrogen-bond acceptors (Lipinski definition) is 4. The van der Waals surface area contributed by atoms with Crippen molar-refractivity contribution in [2.45, 2.75) is 13.0 Å². The van der Waals surface area contributed by atoms with E-state index in [1.54, 1.807) is 6.07 Å². The molecule has 0 amide bonds. The number of fused-ring (bicyclic) bond motifs is 1. The lowest BCUT2D eigenvalue weighted by Gasteiger charge is -2.21. The number of hydrogen-bond donors (Lipinski definition) is 1. The highest BCUT2D eigenvalue weighted by atomic mass is 16.3. The molecule has 4 nitrogen and oxygen atoms in total. The first kappa shape index (κ1) is 15.6. The molecule has 0 aliphatic carbocycles. The second kappa shape index (κ2) is 6.91. The van der Waals surface area contributed by atoms with Crippen molar-refractivity contribution in [3.8, 4) is 5.75 Å². The van der Waals surface area contributed by atoms with Crippen molar-refractivity contribution in [2.24, 2.45) is 11.8 Å². The van der Waals surface area contributed by atoms with E-state index in [1.807, 2.05) is 6.07 Å². The van der Waals surface area contributed by atoms with E-state index in [0.717, 1.165) is 37.0 Å². The third kappa shape index (κ3) is 3.60. The summed E-state index contributed by atoms with van der Waals surface area (Å²) in [5.74, 6) is 1.89. The Hall–Kier alpha value is -1.91. The van der Waals surface area contributed by atoms with Gasteiger partial charge in [0, 0.05) is 51.4 Å². The van der Waals surface area contributed by atoms with Crippen molar-refractivity contribution >= 4 is 0 Å². The third-order valence-electron chi connectivity index (χ3n) is 5.38. The van der Waals surface area contributed by atoms with Crippen molar-refractivity contribution in [3.63, 3.8) is 0 Å². The van der Waals surface area contributed by atoms with Crippen LogP contribution in [0.5, 0.6) is 5.75 Å². The lowest BCUT2D eigenvalue weighted by molar-refractivity contribution is 0.252. The zero-order valence-corrected chi connectivity index (χ0v) is 14.0. The second-order valence-corrected chi connectivity index (χ2v) is 7.22. The van der Waals surface area contributed by atoms with Gasteiger partial charge in [-0.3, -0.25) is 9.88 Å². The number of aromatic nitrogens is 1.